The van der Waals surface area contributed by atoms with E-state index in [4.69, 9.17) is 10.5 Å². The molecule has 2 heterocycles. The average molecular weight is 263 g/mol. The van der Waals surface area contributed by atoms with Crippen molar-refractivity contribution in [2.45, 2.75) is 19.4 Å². The highest BCUT2D eigenvalue weighted by Gasteiger charge is 2.11. The SMILES string of the molecule is Cc1ncsc1CCOC(CN)c1ccccn1. The van der Waals surface area contributed by atoms with Gasteiger partial charge in [-0.2, -0.15) is 0 Å². The van der Waals surface area contributed by atoms with Gasteiger partial charge in [-0.1, -0.05) is 6.07 Å². The Kier molecular flexibility index (Phi) is 4.81. The van der Waals surface area contributed by atoms with Crippen LogP contribution in [0.4, 0.5) is 0 Å². The van der Waals surface area contributed by atoms with E-state index in [1.165, 1.54) is 4.88 Å². The molecule has 18 heavy (non-hydrogen) atoms. The van der Waals surface area contributed by atoms with Crippen LogP contribution in [-0.4, -0.2) is 23.1 Å². The molecule has 4 nitrogen and oxygen atoms in total. The molecule has 0 aliphatic rings. The third-order valence-electron chi connectivity index (χ3n) is 2.72. The van der Waals surface area contributed by atoms with Gasteiger partial charge in [-0.05, 0) is 19.1 Å². The summed E-state index contributed by atoms with van der Waals surface area (Å²) in [6.07, 6.45) is 2.51. The van der Waals surface area contributed by atoms with E-state index in [2.05, 4.69) is 9.97 Å². The lowest BCUT2D eigenvalue weighted by atomic mass is 10.2. The molecule has 0 fully saturated rings. The molecule has 1 unspecified atom stereocenters. The molecular formula is C13H17N3OS. The van der Waals surface area contributed by atoms with E-state index >= 15 is 0 Å². The smallest absolute Gasteiger partial charge is 0.112 e. The molecule has 0 spiro atoms. The molecule has 0 saturated heterocycles. The number of ether oxygens (including phenoxy) is 1. The van der Waals surface area contributed by atoms with Crippen molar-refractivity contribution in [3.63, 3.8) is 0 Å². The predicted molar refractivity (Wildman–Crippen MR) is 72.5 cm³/mol. The maximum atomic E-state index is 5.80. The molecule has 0 aromatic carbocycles. The predicted octanol–water partition coefficient (Wildman–Crippen LogP) is 2.11. The van der Waals surface area contributed by atoms with Gasteiger partial charge in [0.05, 0.1) is 23.5 Å². The van der Waals surface area contributed by atoms with Crippen molar-refractivity contribution in [3.05, 3.63) is 46.2 Å². The number of nitrogens with two attached hydrogens (primary N) is 1. The zero-order valence-corrected chi connectivity index (χ0v) is 11.2. The van der Waals surface area contributed by atoms with Crippen LogP contribution in [0.5, 0.6) is 0 Å². The number of aromatic nitrogens is 2. The minimum atomic E-state index is -0.126. The van der Waals surface area contributed by atoms with Crippen molar-refractivity contribution < 1.29 is 4.74 Å². The Morgan fingerprint density at radius 1 is 1.39 bits per heavy atom. The first-order chi connectivity index (χ1) is 8.81. The van der Waals surface area contributed by atoms with Crippen LogP contribution in [0.3, 0.4) is 0 Å². The van der Waals surface area contributed by atoms with E-state index in [1.54, 1.807) is 17.5 Å². The Bertz CT molecular complexity index is 472. The molecule has 0 bridgehead atoms. The van der Waals surface area contributed by atoms with Crippen LogP contribution in [0, 0.1) is 6.92 Å². The molecule has 96 valence electrons. The summed E-state index contributed by atoms with van der Waals surface area (Å²) in [5.41, 5.74) is 9.56. The minimum absolute atomic E-state index is 0.126. The van der Waals surface area contributed by atoms with Crippen LogP contribution in [0.25, 0.3) is 0 Å². The molecule has 0 aliphatic carbocycles. The second-order valence-corrected chi connectivity index (χ2v) is 4.90. The van der Waals surface area contributed by atoms with Crippen LogP contribution < -0.4 is 5.73 Å². The zero-order chi connectivity index (χ0) is 12.8. The summed E-state index contributed by atoms with van der Waals surface area (Å²) in [7, 11) is 0. The lowest BCUT2D eigenvalue weighted by Crippen LogP contribution is -2.18. The van der Waals surface area contributed by atoms with Crippen LogP contribution >= 0.6 is 11.3 Å². The molecular weight excluding hydrogens is 246 g/mol. The van der Waals surface area contributed by atoms with E-state index in [9.17, 15) is 0 Å². The molecule has 0 amide bonds. The molecule has 2 aromatic heterocycles. The number of hydrogen-bond acceptors (Lipinski definition) is 5. The minimum Gasteiger partial charge on any atom is -0.370 e. The second kappa shape index (κ2) is 6.58. The summed E-state index contributed by atoms with van der Waals surface area (Å²) in [5.74, 6) is 0. The van der Waals surface area contributed by atoms with Gasteiger partial charge in [0, 0.05) is 24.0 Å². The van der Waals surface area contributed by atoms with E-state index in [-0.39, 0.29) is 6.10 Å². The van der Waals surface area contributed by atoms with Crippen molar-refractivity contribution in [2.24, 2.45) is 5.73 Å². The fraction of sp³-hybridized carbons (Fsp3) is 0.385. The van der Waals surface area contributed by atoms with Gasteiger partial charge in [-0.25, -0.2) is 4.98 Å². The van der Waals surface area contributed by atoms with Crippen molar-refractivity contribution >= 4 is 11.3 Å². The van der Waals surface area contributed by atoms with E-state index in [0.717, 1.165) is 17.8 Å². The normalized spacial score (nSPS) is 12.6. The van der Waals surface area contributed by atoms with E-state index in [0.29, 0.717) is 13.2 Å². The molecule has 2 rings (SSSR count). The number of aryl methyl sites for hydroxylation is 1. The van der Waals surface area contributed by atoms with Crippen molar-refractivity contribution in [1.29, 1.82) is 0 Å². The second-order valence-electron chi connectivity index (χ2n) is 3.96. The number of rotatable bonds is 6. The van der Waals surface area contributed by atoms with Crippen molar-refractivity contribution in [3.8, 4) is 0 Å². The van der Waals surface area contributed by atoms with Gasteiger partial charge in [0.15, 0.2) is 0 Å². The Balaban J connectivity index is 1.87. The quantitative estimate of drug-likeness (QED) is 0.867. The highest BCUT2D eigenvalue weighted by atomic mass is 32.1. The third-order valence-corrected chi connectivity index (χ3v) is 3.72. The molecule has 2 N–H and O–H groups in total. The number of nitrogens with zero attached hydrogens (tertiary/aromatic N) is 2. The number of pyridine rings is 1. The van der Waals surface area contributed by atoms with Crippen LogP contribution in [0.1, 0.15) is 22.4 Å². The molecule has 0 saturated carbocycles. The fourth-order valence-corrected chi connectivity index (χ4v) is 2.46. The molecule has 0 radical (unpaired) electrons. The zero-order valence-electron chi connectivity index (χ0n) is 10.4. The molecule has 1 atom stereocenters. The highest BCUT2D eigenvalue weighted by Crippen LogP contribution is 2.16. The largest absolute Gasteiger partial charge is 0.370 e. The number of thiazole rings is 1. The summed E-state index contributed by atoms with van der Waals surface area (Å²) >= 11 is 1.67. The summed E-state index contributed by atoms with van der Waals surface area (Å²) in [6.45, 7) is 3.10. The van der Waals surface area contributed by atoms with Gasteiger partial charge in [-0.3, -0.25) is 4.98 Å². The summed E-state index contributed by atoms with van der Waals surface area (Å²) < 4.78 is 5.80. The molecule has 5 heteroatoms. The van der Waals surface area contributed by atoms with Gasteiger partial charge in [-0.15, -0.1) is 11.3 Å². The summed E-state index contributed by atoms with van der Waals surface area (Å²) in [4.78, 5) is 9.76. The van der Waals surface area contributed by atoms with Gasteiger partial charge in [0.25, 0.3) is 0 Å². The van der Waals surface area contributed by atoms with Crippen LogP contribution in [-0.2, 0) is 11.2 Å². The lowest BCUT2D eigenvalue weighted by molar-refractivity contribution is 0.0582. The van der Waals surface area contributed by atoms with Crippen molar-refractivity contribution in [1.82, 2.24) is 9.97 Å². The number of hydrogen-bond donors (Lipinski definition) is 1. The first kappa shape index (κ1) is 13.1. The Labute approximate surface area is 111 Å². The summed E-state index contributed by atoms with van der Waals surface area (Å²) in [5, 5.41) is 0. The average Bonchev–Trinajstić information content (AvgIpc) is 2.81. The summed E-state index contributed by atoms with van der Waals surface area (Å²) in [6, 6.07) is 5.77. The van der Waals surface area contributed by atoms with Gasteiger partial charge < -0.3 is 10.5 Å². The Hall–Kier alpha value is -1.30. The Morgan fingerprint density at radius 2 is 2.28 bits per heavy atom. The van der Waals surface area contributed by atoms with Crippen LogP contribution in [0.15, 0.2) is 29.9 Å². The molecule has 0 aliphatic heterocycles. The van der Waals surface area contributed by atoms with E-state index in [1.807, 2.05) is 30.6 Å². The fourth-order valence-electron chi connectivity index (χ4n) is 1.70. The maximum Gasteiger partial charge on any atom is 0.112 e. The standard InChI is InChI=1S/C13H17N3OS/c1-10-13(18-9-16-10)5-7-17-12(8-14)11-4-2-3-6-15-11/h2-4,6,9,12H,5,7-8,14H2,1H3. The van der Waals surface area contributed by atoms with Gasteiger partial charge in [0.2, 0.25) is 0 Å². The molecule has 2 aromatic rings. The maximum absolute atomic E-state index is 5.80. The van der Waals surface area contributed by atoms with Gasteiger partial charge >= 0.3 is 0 Å². The topological polar surface area (TPSA) is 61.0 Å². The first-order valence-electron chi connectivity index (χ1n) is 5.93. The third kappa shape index (κ3) is 3.35. The Morgan fingerprint density at radius 3 is 2.89 bits per heavy atom. The van der Waals surface area contributed by atoms with Crippen molar-refractivity contribution in [2.75, 3.05) is 13.2 Å². The van der Waals surface area contributed by atoms with Crippen LogP contribution in [0.2, 0.25) is 0 Å². The first-order valence-corrected chi connectivity index (χ1v) is 6.80. The highest BCUT2D eigenvalue weighted by molar-refractivity contribution is 7.09. The lowest BCUT2D eigenvalue weighted by Gasteiger charge is -2.15. The monoisotopic (exact) mass is 263 g/mol. The van der Waals surface area contributed by atoms with Gasteiger partial charge in [0.1, 0.15) is 6.10 Å². The van der Waals surface area contributed by atoms with E-state index < -0.39 is 0 Å².